The number of aromatic nitrogens is 5. The molecular formula is C32H32ClF3N10O6. The predicted molar refractivity (Wildman–Crippen MR) is 179 cm³/mol. The minimum absolute atomic E-state index is 0.0219. The van der Waals surface area contributed by atoms with Crippen molar-refractivity contribution in [1.82, 2.24) is 39.0 Å². The van der Waals surface area contributed by atoms with E-state index in [2.05, 4.69) is 20.4 Å². The quantitative estimate of drug-likeness (QED) is 0.227. The molecule has 0 bridgehead atoms. The van der Waals surface area contributed by atoms with E-state index in [0.29, 0.717) is 5.69 Å². The van der Waals surface area contributed by atoms with E-state index in [9.17, 15) is 37.5 Å². The molecule has 5 heterocycles. The number of piperazine rings is 1. The summed E-state index contributed by atoms with van der Waals surface area (Å²) in [5.41, 5.74) is 4.70. The van der Waals surface area contributed by atoms with Gasteiger partial charge in [0.05, 0.1) is 58.5 Å². The topological polar surface area (TPSA) is 205 Å². The fourth-order valence-electron chi connectivity index (χ4n) is 6.17. The second-order valence-electron chi connectivity index (χ2n) is 12.3. The summed E-state index contributed by atoms with van der Waals surface area (Å²) < 4.78 is 44.2. The number of amides is 4. The van der Waals surface area contributed by atoms with Crippen LogP contribution in [-0.4, -0.2) is 118 Å². The molecule has 16 nitrogen and oxygen atoms in total. The number of rotatable bonds is 6. The molecule has 0 aliphatic carbocycles. The van der Waals surface area contributed by atoms with Crippen LogP contribution in [0, 0.1) is 5.92 Å². The maximum absolute atomic E-state index is 14.0. The van der Waals surface area contributed by atoms with Crippen LogP contribution in [0.25, 0.3) is 17.1 Å². The van der Waals surface area contributed by atoms with Gasteiger partial charge in [-0.3, -0.25) is 14.4 Å². The number of nitrogens with zero attached hydrogens (tertiary/aromatic N) is 8. The first-order valence-electron chi connectivity index (χ1n) is 15.9. The third kappa shape index (κ3) is 7.22. The Morgan fingerprint density at radius 2 is 1.69 bits per heavy atom. The number of carboxylic acid groups (broad SMARTS) is 1. The maximum atomic E-state index is 14.0. The summed E-state index contributed by atoms with van der Waals surface area (Å²) in [5.74, 6) is -2.33. The first kappa shape index (κ1) is 36.1. The fourth-order valence-corrected chi connectivity index (χ4v) is 6.43. The smallest absolute Gasteiger partial charge is 0.435 e. The number of nitrogen functional groups attached to an aromatic ring is 1. The minimum atomic E-state index is -4.84. The zero-order valence-corrected chi connectivity index (χ0v) is 28.2. The predicted octanol–water partition coefficient (Wildman–Crippen LogP) is 2.82. The highest BCUT2D eigenvalue weighted by Crippen LogP contribution is 2.37. The van der Waals surface area contributed by atoms with Crippen LogP contribution in [-0.2, 0) is 18.0 Å². The van der Waals surface area contributed by atoms with Gasteiger partial charge in [0.2, 0.25) is 5.91 Å². The van der Waals surface area contributed by atoms with Gasteiger partial charge < -0.3 is 40.5 Å². The number of likely N-dealkylation sites (tertiary alicyclic amines) is 1. The van der Waals surface area contributed by atoms with E-state index in [4.69, 9.17) is 22.4 Å². The van der Waals surface area contributed by atoms with Crippen molar-refractivity contribution in [2.75, 3.05) is 50.3 Å². The number of nitrogens with two attached hydrogens (primary N) is 1. The molecule has 20 heteroatoms. The number of carbonyl (C=O) groups excluding carboxylic acids is 3. The molecule has 6 rings (SSSR count). The summed E-state index contributed by atoms with van der Waals surface area (Å²) in [7, 11) is 1.38. The van der Waals surface area contributed by atoms with Crippen LogP contribution in [0.4, 0.5) is 29.3 Å². The van der Waals surface area contributed by atoms with Crippen LogP contribution in [0.15, 0.2) is 48.9 Å². The number of alkyl halides is 3. The largest absolute Gasteiger partial charge is 0.465 e. The normalized spacial score (nSPS) is 18.0. The van der Waals surface area contributed by atoms with Crippen molar-refractivity contribution in [3.63, 3.8) is 0 Å². The van der Waals surface area contributed by atoms with Gasteiger partial charge in [-0.2, -0.15) is 18.3 Å². The summed E-state index contributed by atoms with van der Waals surface area (Å²) in [6.07, 6.45) is -3.40. The standard InChI is InChI=1S/C32H32ClF3N10O6/c1-42-23(21-15-46(41-26(21)32(34,35)36)25-5-2-17(37)13-38-25)14-39-27(42)28(48)40-18-3-4-19(22(33)12-18)29(49)43-8-10-44(11-9-43)30(50)20-6-7-45(31(51)52)16-24(20)47/h2-5,12-15,20,24,47H,6-11,16,37H2,1H3,(H,40,48)(H,51,52)/t20-,24-/m1/s1. The van der Waals surface area contributed by atoms with E-state index in [1.165, 1.54) is 53.0 Å². The minimum Gasteiger partial charge on any atom is -0.465 e. The summed E-state index contributed by atoms with van der Waals surface area (Å²) in [5, 5.41) is 25.8. The van der Waals surface area contributed by atoms with E-state index in [1.54, 1.807) is 4.90 Å². The van der Waals surface area contributed by atoms with Gasteiger partial charge in [0.15, 0.2) is 17.3 Å². The molecule has 0 spiro atoms. The molecule has 2 aliphatic rings. The van der Waals surface area contributed by atoms with Crippen molar-refractivity contribution in [2.24, 2.45) is 13.0 Å². The van der Waals surface area contributed by atoms with Gasteiger partial charge in [-0.05, 0) is 36.8 Å². The Labute approximate surface area is 298 Å². The molecule has 0 radical (unpaired) electrons. The number of hydrogen-bond donors (Lipinski definition) is 4. The monoisotopic (exact) mass is 744 g/mol. The zero-order valence-electron chi connectivity index (χ0n) is 27.4. The van der Waals surface area contributed by atoms with Crippen molar-refractivity contribution in [3.8, 4) is 17.1 Å². The van der Waals surface area contributed by atoms with Crippen LogP contribution in [0.3, 0.4) is 0 Å². The van der Waals surface area contributed by atoms with E-state index in [0.717, 1.165) is 22.0 Å². The number of β-amino-alcohol motifs (C(OH)–C–C–N with tert-alkyl or cyclic N) is 1. The van der Waals surface area contributed by atoms with Crippen molar-refractivity contribution in [2.45, 2.75) is 18.7 Å². The number of benzene rings is 1. The van der Waals surface area contributed by atoms with Crippen LogP contribution < -0.4 is 11.1 Å². The highest BCUT2D eigenvalue weighted by Gasteiger charge is 2.40. The molecule has 4 amide bonds. The average molecular weight is 745 g/mol. The van der Waals surface area contributed by atoms with Gasteiger partial charge in [0.1, 0.15) is 0 Å². The number of carbonyl (C=O) groups is 4. The molecule has 4 aromatic rings. The molecule has 274 valence electrons. The molecule has 0 unspecified atom stereocenters. The molecule has 2 aliphatic heterocycles. The molecular weight excluding hydrogens is 713 g/mol. The second kappa shape index (κ2) is 14.1. The number of hydrogen-bond acceptors (Lipinski definition) is 9. The van der Waals surface area contributed by atoms with Crippen LogP contribution in [0.5, 0.6) is 0 Å². The van der Waals surface area contributed by atoms with E-state index >= 15 is 0 Å². The van der Waals surface area contributed by atoms with Crippen molar-refractivity contribution >= 4 is 46.8 Å². The Morgan fingerprint density at radius 1 is 0.981 bits per heavy atom. The molecule has 52 heavy (non-hydrogen) atoms. The lowest BCUT2D eigenvalue weighted by molar-refractivity contribution is -0.143. The highest BCUT2D eigenvalue weighted by atomic mass is 35.5. The van der Waals surface area contributed by atoms with Gasteiger partial charge >= 0.3 is 12.3 Å². The molecule has 2 fully saturated rings. The molecule has 3 aromatic heterocycles. The number of pyridine rings is 1. The van der Waals surface area contributed by atoms with Crippen molar-refractivity contribution in [3.05, 3.63) is 71.0 Å². The summed E-state index contributed by atoms with van der Waals surface area (Å²) in [4.78, 5) is 63.0. The highest BCUT2D eigenvalue weighted by molar-refractivity contribution is 6.34. The number of imidazole rings is 1. The van der Waals surface area contributed by atoms with E-state index in [-0.39, 0.29) is 90.8 Å². The average Bonchev–Trinajstić information content (AvgIpc) is 3.72. The van der Waals surface area contributed by atoms with Crippen LogP contribution in [0.1, 0.15) is 33.1 Å². The van der Waals surface area contributed by atoms with E-state index < -0.39 is 41.8 Å². The lowest BCUT2D eigenvalue weighted by Gasteiger charge is -2.39. The third-order valence-electron chi connectivity index (χ3n) is 8.96. The third-order valence-corrected chi connectivity index (χ3v) is 9.27. The van der Waals surface area contributed by atoms with Gasteiger partial charge in [-0.25, -0.2) is 19.4 Å². The lowest BCUT2D eigenvalue weighted by Crippen LogP contribution is -2.56. The maximum Gasteiger partial charge on any atom is 0.435 e. The number of nitrogens with one attached hydrogen (secondary N) is 1. The van der Waals surface area contributed by atoms with Crippen LogP contribution in [0.2, 0.25) is 5.02 Å². The van der Waals surface area contributed by atoms with Crippen molar-refractivity contribution in [1.29, 1.82) is 0 Å². The van der Waals surface area contributed by atoms with Crippen LogP contribution >= 0.6 is 11.6 Å². The molecule has 2 atom stereocenters. The fraction of sp³-hybridized carbons (Fsp3) is 0.344. The summed E-state index contributed by atoms with van der Waals surface area (Å²) in [6.45, 7) is 0.779. The Bertz CT molecular complexity index is 2030. The summed E-state index contributed by atoms with van der Waals surface area (Å²) in [6, 6.07) is 7.09. The molecule has 1 aromatic carbocycles. The Kier molecular flexibility index (Phi) is 9.82. The zero-order chi connectivity index (χ0) is 37.5. The number of halogens is 4. The summed E-state index contributed by atoms with van der Waals surface area (Å²) >= 11 is 6.46. The number of anilines is 2. The molecule has 0 saturated carbocycles. The van der Waals surface area contributed by atoms with Crippen molar-refractivity contribution < 1.29 is 42.6 Å². The number of aliphatic hydroxyl groups excluding tert-OH is 1. The van der Waals surface area contributed by atoms with Gasteiger partial charge in [0.25, 0.3) is 11.8 Å². The Balaban J connectivity index is 1.10. The number of piperidine rings is 1. The lowest BCUT2D eigenvalue weighted by atomic mass is 9.92. The SMILES string of the molecule is Cn1c(-c2cn(-c3ccc(N)cn3)nc2C(F)(F)F)cnc1C(=O)Nc1ccc(C(=O)N2CCN(C(=O)[C@@H]3CCN(C(=O)O)C[C@H]3O)CC2)c(Cl)c1. The van der Waals surface area contributed by atoms with Gasteiger partial charge in [0, 0.05) is 51.7 Å². The first-order chi connectivity index (χ1) is 24.6. The number of aliphatic hydroxyl groups is 1. The molecule has 2 saturated heterocycles. The Morgan fingerprint density at radius 3 is 2.31 bits per heavy atom. The first-order valence-corrected chi connectivity index (χ1v) is 16.3. The molecule has 5 N–H and O–H groups in total. The Hall–Kier alpha value is -5.69. The van der Waals surface area contributed by atoms with Gasteiger partial charge in [-0.15, -0.1) is 0 Å². The second-order valence-corrected chi connectivity index (χ2v) is 12.7. The van der Waals surface area contributed by atoms with E-state index in [1.807, 2.05) is 0 Å². The van der Waals surface area contributed by atoms with Gasteiger partial charge in [-0.1, -0.05) is 11.6 Å².